The lowest BCUT2D eigenvalue weighted by Gasteiger charge is -2.19. The SMILES string of the molecule is CNCC1CCN(c2ccc(Cl)c(OC)c2)C1. The number of nitrogens with one attached hydrogen (secondary N) is 1. The highest BCUT2D eigenvalue weighted by atomic mass is 35.5. The van der Waals surface area contributed by atoms with E-state index in [1.807, 2.05) is 19.2 Å². The van der Waals surface area contributed by atoms with Gasteiger partial charge in [-0.1, -0.05) is 11.6 Å². The van der Waals surface area contributed by atoms with Crippen LogP contribution in [0.2, 0.25) is 5.02 Å². The van der Waals surface area contributed by atoms with E-state index in [4.69, 9.17) is 16.3 Å². The first kappa shape index (κ1) is 12.5. The average Bonchev–Trinajstić information content (AvgIpc) is 2.79. The molecule has 0 amide bonds. The zero-order valence-electron chi connectivity index (χ0n) is 10.4. The number of anilines is 1. The van der Waals surface area contributed by atoms with Crippen LogP contribution >= 0.6 is 11.6 Å². The normalized spacial score (nSPS) is 19.7. The van der Waals surface area contributed by atoms with Gasteiger partial charge in [0.1, 0.15) is 5.75 Å². The number of halogens is 1. The molecule has 4 heteroatoms. The molecule has 1 fully saturated rings. The van der Waals surface area contributed by atoms with Gasteiger partial charge in [-0.25, -0.2) is 0 Å². The molecule has 17 heavy (non-hydrogen) atoms. The molecule has 3 nitrogen and oxygen atoms in total. The van der Waals surface area contributed by atoms with Crippen LogP contribution in [0.4, 0.5) is 5.69 Å². The first-order valence-electron chi connectivity index (χ1n) is 5.97. The molecule has 94 valence electrons. The number of ether oxygens (including phenoxy) is 1. The standard InChI is InChI=1S/C13H19ClN2O/c1-15-8-10-5-6-16(9-10)11-3-4-12(14)13(7-11)17-2/h3-4,7,10,15H,5-6,8-9H2,1-2H3. The molecule has 0 radical (unpaired) electrons. The summed E-state index contributed by atoms with van der Waals surface area (Å²) in [6.07, 6.45) is 1.24. The van der Waals surface area contributed by atoms with Crippen LogP contribution in [0, 0.1) is 5.92 Å². The Hall–Kier alpha value is -0.930. The molecular formula is C13H19ClN2O. The van der Waals surface area contributed by atoms with Gasteiger partial charge in [-0.05, 0) is 38.1 Å². The highest BCUT2D eigenvalue weighted by Crippen LogP contribution is 2.31. The summed E-state index contributed by atoms with van der Waals surface area (Å²) in [5.74, 6) is 1.49. The summed E-state index contributed by atoms with van der Waals surface area (Å²) in [5.41, 5.74) is 1.20. The Balaban J connectivity index is 2.08. The zero-order valence-corrected chi connectivity index (χ0v) is 11.1. The second kappa shape index (κ2) is 5.61. The summed E-state index contributed by atoms with van der Waals surface area (Å²) in [4.78, 5) is 2.39. The molecule has 0 saturated carbocycles. The van der Waals surface area contributed by atoms with Gasteiger partial charge in [0.05, 0.1) is 12.1 Å². The average molecular weight is 255 g/mol. The molecule has 0 aliphatic carbocycles. The van der Waals surface area contributed by atoms with Gasteiger partial charge in [0.15, 0.2) is 0 Å². The van der Waals surface area contributed by atoms with Crippen molar-refractivity contribution in [1.29, 1.82) is 0 Å². The van der Waals surface area contributed by atoms with E-state index in [9.17, 15) is 0 Å². The lowest BCUT2D eigenvalue weighted by Crippen LogP contribution is -2.24. The summed E-state index contributed by atoms with van der Waals surface area (Å²) in [6.45, 7) is 3.30. The van der Waals surface area contributed by atoms with E-state index in [-0.39, 0.29) is 0 Å². The van der Waals surface area contributed by atoms with E-state index < -0.39 is 0 Å². The van der Waals surface area contributed by atoms with Crippen LogP contribution in [0.25, 0.3) is 0 Å². The molecule has 1 N–H and O–H groups in total. The Kier molecular flexibility index (Phi) is 4.13. The number of nitrogens with zero attached hydrogens (tertiary/aromatic N) is 1. The minimum absolute atomic E-state index is 0.669. The summed E-state index contributed by atoms with van der Waals surface area (Å²) in [6, 6.07) is 5.98. The maximum Gasteiger partial charge on any atom is 0.139 e. The van der Waals surface area contributed by atoms with E-state index >= 15 is 0 Å². The molecule has 1 atom stereocenters. The van der Waals surface area contributed by atoms with Crippen LogP contribution in [0.3, 0.4) is 0 Å². The van der Waals surface area contributed by atoms with Crippen molar-refractivity contribution in [3.8, 4) is 5.75 Å². The predicted molar refractivity (Wildman–Crippen MR) is 72.3 cm³/mol. The Morgan fingerprint density at radius 1 is 1.53 bits per heavy atom. The lowest BCUT2D eigenvalue weighted by atomic mass is 10.1. The van der Waals surface area contributed by atoms with Crippen molar-refractivity contribution in [3.05, 3.63) is 23.2 Å². The van der Waals surface area contributed by atoms with Gasteiger partial charge in [-0.15, -0.1) is 0 Å². The third kappa shape index (κ3) is 2.85. The maximum absolute atomic E-state index is 6.03. The number of hydrogen-bond acceptors (Lipinski definition) is 3. The molecule has 2 rings (SSSR count). The molecule has 0 bridgehead atoms. The fraction of sp³-hybridized carbons (Fsp3) is 0.538. The first-order valence-corrected chi connectivity index (χ1v) is 6.35. The summed E-state index contributed by atoms with van der Waals surface area (Å²) in [5, 5.41) is 3.91. The molecule has 1 aliphatic rings. The van der Waals surface area contributed by atoms with Gasteiger partial charge in [-0.2, -0.15) is 0 Å². The number of methoxy groups -OCH3 is 1. The van der Waals surface area contributed by atoms with Crippen molar-refractivity contribution in [1.82, 2.24) is 5.32 Å². The van der Waals surface area contributed by atoms with Crippen molar-refractivity contribution < 1.29 is 4.74 Å². The first-order chi connectivity index (χ1) is 8.24. The Morgan fingerprint density at radius 3 is 3.06 bits per heavy atom. The Morgan fingerprint density at radius 2 is 2.35 bits per heavy atom. The van der Waals surface area contributed by atoms with E-state index in [1.165, 1.54) is 12.1 Å². The van der Waals surface area contributed by atoms with Crippen LogP contribution in [-0.4, -0.2) is 33.8 Å². The quantitative estimate of drug-likeness (QED) is 0.893. The third-order valence-corrected chi connectivity index (χ3v) is 3.59. The van der Waals surface area contributed by atoms with E-state index in [0.717, 1.165) is 31.3 Å². The summed E-state index contributed by atoms with van der Waals surface area (Å²) in [7, 11) is 3.66. The lowest BCUT2D eigenvalue weighted by molar-refractivity contribution is 0.415. The monoisotopic (exact) mass is 254 g/mol. The molecule has 1 aromatic carbocycles. The van der Waals surface area contributed by atoms with Gasteiger partial charge in [0.2, 0.25) is 0 Å². The molecule has 1 aliphatic heterocycles. The molecule has 1 heterocycles. The highest BCUT2D eigenvalue weighted by Gasteiger charge is 2.22. The van der Waals surface area contributed by atoms with Crippen molar-refractivity contribution in [2.24, 2.45) is 5.92 Å². The number of hydrogen-bond donors (Lipinski definition) is 1. The second-order valence-corrected chi connectivity index (χ2v) is 4.88. The highest BCUT2D eigenvalue weighted by molar-refractivity contribution is 6.32. The molecule has 1 saturated heterocycles. The number of rotatable bonds is 4. The van der Waals surface area contributed by atoms with Crippen LogP contribution in [-0.2, 0) is 0 Å². The molecule has 1 aromatic rings. The zero-order chi connectivity index (χ0) is 12.3. The van der Waals surface area contributed by atoms with Crippen LogP contribution in [0.1, 0.15) is 6.42 Å². The number of benzene rings is 1. The van der Waals surface area contributed by atoms with Crippen molar-refractivity contribution in [2.45, 2.75) is 6.42 Å². The van der Waals surface area contributed by atoms with Gasteiger partial charge < -0.3 is 15.0 Å². The van der Waals surface area contributed by atoms with Crippen molar-refractivity contribution in [2.75, 3.05) is 38.7 Å². The van der Waals surface area contributed by atoms with E-state index in [2.05, 4.69) is 16.3 Å². The van der Waals surface area contributed by atoms with Crippen LogP contribution in [0.5, 0.6) is 5.75 Å². The molecule has 0 spiro atoms. The minimum Gasteiger partial charge on any atom is -0.495 e. The Bertz CT molecular complexity index is 384. The summed E-state index contributed by atoms with van der Waals surface area (Å²) >= 11 is 6.03. The fourth-order valence-electron chi connectivity index (χ4n) is 2.37. The second-order valence-electron chi connectivity index (χ2n) is 4.48. The summed E-state index contributed by atoms with van der Waals surface area (Å²) < 4.78 is 5.25. The van der Waals surface area contributed by atoms with Gasteiger partial charge in [0, 0.05) is 24.8 Å². The van der Waals surface area contributed by atoms with Crippen molar-refractivity contribution in [3.63, 3.8) is 0 Å². The maximum atomic E-state index is 6.03. The van der Waals surface area contributed by atoms with Gasteiger partial charge >= 0.3 is 0 Å². The predicted octanol–water partition coefficient (Wildman–Crippen LogP) is 2.39. The molecule has 0 aromatic heterocycles. The minimum atomic E-state index is 0.669. The van der Waals surface area contributed by atoms with Crippen molar-refractivity contribution >= 4 is 17.3 Å². The largest absolute Gasteiger partial charge is 0.495 e. The fourth-order valence-corrected chi connectivity index (χ4v) is 2.56. The Labute approximate surface area is 108 Å². The molecular weight excluding hydrogens is 236 g/mol. The van der Waals surface area contributed by atoms with Gasteiger partial charge in [0.25, 0.3) is 0 Å². The molecule has 1 unspecified atom stereocenters. The van der Waals surface area contributed by atoms with Crippen LogP contribution < -0.4 is 15.0 Å². The smallest absolute Gasteiger partial charge is 0.139 e. The van der Waals surface area contributed by atoms with E-state index in [0.29, 0.717) is 5.02 Å². The van der Waals surface area contributed by atoms with Gasteiger partial charge in [-0.3, -0.25) is 0 Å². The van der Waals surface area contributed by atoms with E-state index in [1.54, 1.807) is 7.11 Å². The topological polar surface area (TPSA) is 24.5 Å². The van der Waals surface area contributed by atoms with Crippen LogP contribution in [0.15, 0.2) is 18.2 Å². The third-order valence-electron chi connectivity index (χ3n) is 3.28.